The highest BCUT2D eigenvalue weighted by atomic mass is 16.3. The molecule has 1 aliphatic carbocycles. The van der Waals surface area contributed by atoms with Gasteiger partial charge in [-0.1, -0.05) is 64.8 Å². The number of aliphatic hydroxyl groups is 1. The molecule has 0 aliphatic heterocycles. The second kappa shape index (κ2) is 6.96. The van der Waals surface area contributed by atoms with E-state index < -0.39 is 5.60 Å². The molecule has 0 heterocycles. The molecule has 2 rings (SSSR count). The lowest BCUT2D eigenvalue weighted by Crippen LogP contribution is -2.30. The minimum atomic E-state index is -0.483. The lowest BCUT2D eigenvalue weighted by Gasteiger charge is -2.27. The smallest absolute Gasteiger partial charge is 0.0688 e. The fraction of sp³-hybridized carbons (Fsp3) is 0.700. The van der Waals surface area contributed by atoms with Gasteiger partial charge in [-0.3, -0.25) is 0 Å². The van der Waals surface area contributed by atoms with Gasteiger partial charge in [0.15, 0.2) is 0 Å². The van der Waals surface area contributed by atoms with Crippen LogP contribution in [-0.4, -0.2) is 10.7 Å². The molecule has 0 amide bonds. The highest BCUT2D eigenvalue weighted by Crippen LogP contribution is 2.35. The van der Waals surface area contributed by atoms with E-state index in [9.17, 15) is 5.11 Å². The standard InChI is InChI=1S/C20H32O/c1-15(2)18-6-5-12-20(21,13-11-18)14-17-7-9-19(10-8-17)16(3)4/h7-10,15-16,18,21H,5-6,11-14H2,1-4H3. The second-order valence-electron chi connectivity index (χ2n) is 7.73. The van der Waals surface area contributed by atoms with E-state index in [2.05, 4.69) is 52.0 Å². The van der Waals surface area contributed by atoms with Crippen LogP contribution in [0, 0.1) is 11.8 Å². The molecule has 1 nitrogen and oxygen atoms in total. The molecule has 1 fully saturated rings. The molecule has 1 saturated carbocycles. The van der Waals surface area contributed by atoms with Gasteiger partial charge in [-0.2, -0.15) is 0 Å². The van der Waals surface area contributed by atoms with Gasteiger partial charge in [-0.05, 0) is 48.1 Å². The summed E-state index contributed by atoms with van der Waals surface area (Å²) in [7, 11) is 0. The zero-order chi connectivity index (χ0) is 15.5. The van der Waals surface area contributed by atoms with E-state index in [0.717, 1.165) is 31.1 Å². The van der Waals surface area contributed by atoms with Crippen molar-refractivity contribution in [2.75, 3.05) is 0 Å². The van der Waals surface area contributed by atoms with Crippen molar-refractivity contribution in [2.45, 2.75) is 77.7 Å². The van der Waals surface area contributed by atoms with Crippen molar-refractivity contribution in [1.29, 1.82) is 0 Å². The number of rotatable bonds is 4. The summed E-state index contributed by atoms with van der Waals surface area (Å²) in [5.41, 5.74) is 2.18. The van der Waals surface area contributed by atoms with Gasteiger partial charge < -0.3 is 5.11 Å². The van der Waals surface area contributed by atoms with E-state index >= 15 is 0 Å². The molecule has 2 atom stereocenters. The normalized spacial score (nSPS) is 27.1. The van der Waals surface area contributed by atoms with Gasteiger partial charge in [0.25, 0.3) is 0 Å². The fourth-order valence-electron chi connectivity index (χ4n) is 3.66. The van der Waals surface area contributed by atoms with Crippen molar-refractivity contribution < 1.29 is 5.11 Å². The third-order valence-electron chi connectivity index (χ3n) is 5.32. The fourth-order valence-corrected chi connectivity index (χ4v) is 3.66. The van der Waals surface area contributed by atoms with Gasteiger partial charge in [-0.25, -0.2) is 0 Å². The van der Waals surface area contributed by atoms with Crippen molar-refractivity contribution in [3.05, 3.63) is 35.4 Å². The molecular weight excluding hydrogens is 256 g/mol. The van der Waals surface area contributed by atoms with Crippen LogP contribution in [0.2, 0.25) is 0 Å². The Labute approximate surface area is 130 Å². The van der Waals surface area contributed by atoms with Crippen molar-refractivity contribution in [3.63, 3.8) is 0 Å². The first-order valence-corrected chi connectivity index (χ1v) is 8.71. The number of hydrogen-bond acceptors (Lipinski definition) is 1. The maximum Gasteiger partial charge on any atom is 0.0688 e. The zero-order valence-electron chi connectivity index (χ0n) is 14.2. The van der Waals surface area contributed by atoms with E-state index in [1.807, 2.05) is 0 Å². The van der Waals surface area contributed by atoms with Crippen LogP contribution < -0.4 is 0 Å². The topological polar surface area (TPSA) is 20.2 Å². The molecule has 1 aliphatic rings. The first-order valence-electron chi connectivity index (χ1n) is 8.71. The SMILES string of the molecule is CC(C)c1ccc(CC2(O)CCCC(C(C)C)CC2)cc1. The molecule has 0 spiro atoms. The van der Waals surface area contributed by atoms with Crippen LogP contribution in [0.25, 0.3) is 0 Å². The molecule has 118 valence electrons. The van der Waals surface area contributed by atoms with E-state index in [-0.39, 0.29) is 0 Å². The maximum absolute atomic E-state index is 11.0. The average Bonchev–Trinajstić information content (AvgIpc) is 2.61. The molecular formula is C20H32O. The zero-order valence-corrected chi connectivity index (χ0v) is 14.2. The Morgan fingerprint density at radius 2 is 1.71 bits per heavy atom. The molecule has 1 heteroatoms. The largest absolute Gasteiger partial charge is 0.390 e. The number of hydrogen-bond donors (Lipinski definition) is 1. The minimum Gasteiger partial charge on any atom is -0.390 e. The summed E-state index contributed by atoms with van der Waals surface area (Å²) in [6.45, 7) is 9.08. The summed E-state index contributed by atoms with van der Waals surface area (Å²) in [5.74, 6) is 2.12. The Hall–Kier alpha value is -0.820. The van der Waals surface area contributed by atoms with Crippen LogP contribution in [-0.2, 0) is 6.42 Å². The molecule has 0 bridgehead atoms. The highest BCUT2D eigenvalue weighted by Gasteiger charge is 2.31. The Bertz CT molecular complexity index is 432. The van der Waals surface area contributed by atoms with Crippen LogP contribution in [0.5, 0.6) is 0 Å². The average molecular weight is 288 g/mol. The Balaban J connectivity index is 2.00. The molecule has 0 saturated heterocycles. The third-order valence-corrected chi connectivity index (χ3v) is 5.32. The molecule has 1 aromatic carbocycles. The van der Waals surface area contributed by atoms with Gasteiger partial charge >= 0.3 is 0 Å². The van der Waals surface area contributed by atoms with Crippen LogP contribution in [0.4, 0.5) is 0 Å². The Morgan fingerprint density at radius 1 is 1.05 bits per heavy atom. The quantitative estimate of drug-likeness (QED) is 0.743. The van der Waals surface area contributed by atoms with E-state index in [4.69, 9.17) is 0 Å². The summed E-state index contributed by atoms with van der Waals surface area (Å²) in [6.07, 6.45) is 6.37. The third kappa shape index (κ3) is 4.57. The summed E-state index contributed by atoms with van der Waals surface area (Å²) in [6, 6.07) is 8.85. The lowest BCUT2D eigenvalue weighted by molar-refractivity contribution is 0.0237. The minimum absolute atomic E-state index is 0.483. The van der Waals surface area contributed by atoms with Gasteiger partial charge in [0.2, 0.25) is 0 Å². The highest BCUT2D eigenvalue weighted by molar-refractivity contribution is 5.25. The predicted molar refractivity (Wildman–Crippen MR) is 90.6 cm³/mol. The van der Waals surface area contributed by atoms with Crippen molar-refractivity contribution in [3.8, 4) is 0 Å². The predicted octanol–water partition coefficient (Wildman–Crippen LogP) is 5.32. The van der Waals surface area contributed by atoms with Crippen LogP contribution in [0.1, 0.15) is 76.8 Å². The van der Waals surface area contributed by atoms with Crippen molar-refractivity contribution in [2.24, 2.45) is 11.8 Å². The summed E-state index contributed by atoms with van der Waals surface area (Å²) >= 11 is 0. The van der Waals surface area contributed by atoms with Crippen LogP contribution in [0.15, 0.2) is 24.3 Å². The molecule has 1 N–H and O–H groups in total. The first-order chi connectivity index (χ1) is 9.89. The molecule has 21 heavy (non-hydrogen) atoms. The summed E-state index contributed by atoms with van der Waals surface area (Å²) < 4.78 is 0. The van der Waals surface area contributed by atoms with Crippen LogP contribution in [0.3, 0.4) is 0 Å². The van der Waals surface area contributed by atoms with Crippen LogP contribution >= 0.6 is 0 Å². The van der Waals surface area contributed by atoms with Crippen molar-refractivity contribution in [1.82, 2.24) is 0 Å². The van der Waals surface area contributed by atoms with Gasteiger partial charge in [0, 0.05) is 6.42 Å². The lowest BCUT2D eigenvalue weighted by atomic mass is 9.85. The van der Waals surface area contributed by atoms with Gasteiger partial charge in [0.05, 0.1) is 5.60 Å². The van der Waals surface area contributed by atoms with E-state index in [1.165, 1.54) is 30.4 Å². The second-order valence-corrected chi connectivity index (χ2v) is 7.73. The van der Waals surface area contributed by atoms with Crippen molar-refractivity contribution >= 4 is 0 Å². The first kappa shape index (κ1) is 16.5. The van der Waals surface area contributed by atoms with Gasteiger partial charge in [-0.15, -0.1) is 0 Å². The summed E-state index contributed by atoms with van der Waals surface area (Å²) in [4.78, 5) is 0. The van der Waals surface area contributed by atoms with Gasteiger partial charge in [0.1, 0.15) is 0 Å². The monoisotopic (exact) mass is 288 g/mol. The molecule has 1 aromatic rings. The van der Waals surface area contributed by atoms with E-state index in [0.29, 0.717) is 5.92 Å². The number of benzene rings is 1. The maximum atomic E-state index is 11.0. The molecule has 0 radical (unpaired) electrons. The Kier molecular flexibility index (Phi) is 5.48. The molecule has 0 aromatic heterocycles. The molecule has 2 unspecified atom stereocenters. The Morgan fingerprint density at radius 3 is 2.29 bits per heavy atom. The van der Waals surface area contributed by atoms with E-state index in [1.54, 1.807) is 0 Å². The summed E-state index contributed by atoms with van der Waals surface area (Å²) in [5, 5.41) is 11.0.